The zero-order chi connectivity index (χ0) is 58.9. The lowest BCUT2D eigenvalue weighted by molar-refractivity contribution is -0.301. The molecule has 0 aliphatic carbocycles. The van der Waals surface area contributed by atoms with Gasteiger partial charge in [0.15, 0.2) is 24.6 Å². The summed E-state index contributed by atoms with van der Waals surface area (Å²) in [6.07, 6.45) is 55.6. The number of carbonyl (C=O) groups excluding carboxylic acids is 3. The number of aliphatic carboxylic acids is 1. The number of rotatable bonds is 60. The van der Waals surface area contributed by atoms with Gasteiger partial charge in [0.1, 0.15) is 18.8 Å². The Balaban J connectivity index is 2.63. The van der Waals surface area contributed by atoms with Crippen molar-refractivity contribution in [3.8, 4) is 0 Å². The van der Waals surface area contributed by atoms with Crippen LogP contribution in [-0.2, 0) is 42.9 Å². The summed E-state index contributed by atoms with van der Waals surface area (Å²) in [4.78, 5) is 51.4. The van der Waals surface area contributed by atoms with Crippen LogP contribution < -0.4 is 0 Å². The van der Waals surface area contributed by atoms with E-state index in [4.69, 9.17) is 23.7 Å². The third kappa shape index (κ3) is 47.2. The molecule has 81 heavy (non-hydrogen) atoms. The average molecular weight is 1150 g/mol. The summed E-state index contributed by atoms with van der Waals surface area (Å²) in [6.45, 7) is 6.05. The van der Waals surface area contributed by atoms with E-state index in [1.54, 1.807) is 0 Å². The van der Waals surface area contributed by atoms with Gasteiger partial charge in [-0.3, -0.25) is 14.4 Å². The predicted octanol–water partition coefficient (Wildman–Crippen LogP) is 18.6. The number of esters is 3. The SMILES string of the molecule is CCCCCCCC/C=C\CCCCCCCCCC(=O)OCC(COC1OC(C(=O)O)C(O)C(O)C1OC(=O)CCCCCCCCCCCCCCCCCCC)OC(=O)CCCCCCCCC/C=C\CCCCCCCC. The summed E-state index contributed by atoms with van der Waals surface area (Å²) >= 11 is 0. The minimum Gasteiger partial charge on any atom is -0.479 e. The van der Waals surface area contributed by atoms with Crippen LogP contribution in [0.1, 0.15) is 342 Å². The Morgan fingerprint density at radius 3 is 1.05 bits per heavy atom. The molecule has 12 heteroatoms. The van der Waals surface area contributed by atoms with Gasteiger partial charge in [-0.2, -0.15) is 0 Å². The monoisotopic (exact) mass is 1150 g/mol. The van der Waals surface area contributed by atoms with Gasteiger partial charge in [0.2, 0.25) is 0 Å². The predicted molar refractivity (Wildman–Crippen MR) is 331 cm³/mol. The van der Waals surface area contributed by atoms with E-state index in [2.05, 4.69) is 45.1 Å². The van der Waals surface area contributed by atoms with Gasteiger partial charge in [0, 0.05) is 19.3 Å². The van der Waals surface area contributed by atoms with Gasteiger partial charge in [-0.25, -0.2) is 4.79 Å². The number of carboxylic acid groups (broad SMARTS) is 1. The Bertz CT molecular complexity index is 1500. The largest absolute Gasteiger partial charge is 0.479 e. The molecule has 1 fully saturated rings. The van der Waals surface area contributed by atoms with Crippen molar-refractivity contribution in [3.63, 3.8) is 0 Å². The maximum Gasteiger partial charge on any atom is 0.335 e. The maximum absolute atomic E-state index is 13.2. The molecular formula is C69H126O12. The van der Waals surface area contributed by atoms with Gasteiger partial charge in [-0.05, 0) is 70.6 Å². The Hall–Kier alpha value is -2.80. The summed E-state index contributed by atoms with van der Waals surface area (Å²) in [6, 6.07) is 0. The third-order valence-electron chi connectivity index (χ3n) is 16.0. The molecular weight excluding hydrogens is 1020 g/mol. The van der Waals surface area contributed by atoms with Gasteiger partial charge in [0.25, 0.3) is 0 Å². The molecule has 0 amide bonds. The van der Waals surface area contributed by atoms with Crippen LogP contribution in [0.5, 0.6) is 0 Å². The number of aliphatic hydroxyl groups excluding tert-OH is 2. The Morgan fingerprint density at radius 2 is 0.704 bits per heavy atom. The number of hydrogen-bond acceptors (Lipinski definition) is 11. The van der Waals surface area contributed by atoms with Crippen LogP contribution >= 0.6 is 0 Å². The van der Waals surface area contributed by atoms with E-state index >= 15 is 0 Å². The summed E-state index contributed by atoms with van der Waals surface area (Å²) in [5.41, 5.74) is 0. The highest BCUT2D eigenvalue weighted by molar-refractivity contribution is 5.74. The number of aliphatic hydroxyl groups is 2. The molecule has 0 bridgehead atoms. The van der Waals surface area contributed by atoms with Crippen molar-refractivity contribution >= 4 is 23.9 Å². The smallest absolute Gasteiger partial charge is 0.335 e. The van der Waals surface area contributed by atoms with Crippen molar-refractivity contribution in [3.05, 3.63) is 24.3 Å². The number of hydrogen-bond donors (Lipinski definition) is 3. The second-order valence-electron chi connectivity index (χ2n) is 23.8. The number of carboxylic acids is 1. The molecule has 0 aromatic rings. The van der Waals surface area contributed by atoms with E-state index in [1.165, 1.54) is 205 Å². The second-order valence-corrected chi connectivity index (χ2v) is 23.8. The topological polar surface area (TPSA) is 175 Å². The first-order valence-electron chi connectivity index (χ1n) is 34.3. The maximum atomic E-state index is 13.2. The second kappa shape index (κ2) is 57.6. The first-order chi connectivity index (χ1) is 39.6. The zero-order valence-electron chi connectivity index (χ0n) is 52.6. The molecule has 6 unspecified atom stereocenters. The molecule has 0 saturated carbocycles. The number of carbonyl (C=O) groups is 4. The molecule has 0 spiro atoms. The molecule has 6 atom stereocenters. The normalized spacial score (nSPS) is 17.8. The molecule has 0 aromatic heterocycles. The highest BCUT2D eigenvalue weighted by Gasteiger charge is 2.50. The van der Waals surface area contributed by atoms with Gasteiger partial charge >= 0.3 is 23.9 Å². The van der Waals surface area contributed by atoms with Crippen molar-refractivity contribution in [2.75, 3.05) is 13.2 Å². The molecule has 1 aliphatic rings. The first kappa shape index (κ1) is 76.2. The van der Waals surface area contributed by atoms with Crippen molar-refractivity contribution in [2.24, 2.45) is 0 Å². The van der Waals surface area contributed by atoms with Crippen molar-refractivity contribution in [2.45, 2.75) is 379 Å². The molecule has 0 radical (unpaired) electrons. The van der Waals surface area contributed by atoms with E-state index in [9.17, 15) is 34.5 Å². The minimum absolute atomic E-state index is 0.0669. The number of allylic oxidation sites excluding steroid dienone is 4. The van der Waals surface area contributed by atoms with Crippen LogP contribution in [0.3, 0.4) is 0 Å². The van der Waals surface area contributed by atoms with Gasteiger partial charge in [0.05, 0.1) is 6.61 Å². The van der Waals surface area contributed by atoms with Crippen molar-refractivity contribution in [1.29, 1.82) is 0 Å². The van der Waals surface area contributed by atoms with Gasteiger partial charge < -0.3 is 39.0 Å². The van der Waals surface area contributed by atoms with Crippen molar-refractivity contribution < 1.29 is 58.2 Å². The molecule has 12 nitrogen and oxygen atoms in total. The lowest BCUT2D eigenvalue weighted by atomic mass is 9.98. The minimum atomic E-state index is -1.90. The summed E-state index contributed by atoms with van der Waals surface area (Å²) in [5.74, 6) is -3.09. The Kier molecular flexibility index (Phi) is 54.2. The van der Waals surface area contributed by atoms with E-state index in [0.29, 0.717) is 19.3 Å². The molecule has 3 N–H and O–H groups in total. The van der Waals surface area contributed by atoms with E-state index < -0.39 is 67.3 Å². The lowest BCUT2D eigenvalue weighted by Crippen LogP contribution is -2.61. The molecule has 0 aromatic carbocycles. The fraction of sp³-hybridized carbons (Fsp3) is 0.884. The van der Waals surface area contributed by atoms with Crippen LogP contribution in [0.4, 0.5) is 0 Å². The van der Waals surface area contributed by atoms with Crippen LogP contribution in [0.2, 0.25) is 0 Å². The highest BCUT2D eigenvalue weighted by atomic mass is 16.7. The van der Waals surface area contributed by atoms with E-state index in [0.717, 1.165) is 77.0 Å². The fourth-order valence-electron chi connectivity index (χ4n) is 10.7. The van der Waals surface area contributed by atoms with Gasteiger partial charge in [-0.1, -0.05) is 276 Å². The molecule has 1 aliphatic heterocycles. The van der Waals surface area contributed by atoms with Crippen LogP contribution in [-0.4, -0.2) is 89.2 Å². The highest BCUT2D eigenvalue weighted by Crippen LogP contribution is 2.27. The Labute approximate surface area is 496 Å². The third-order valence-corrected chi connectivity index (χ3v) is 16.0. The average Bonchev–Trinajstić information content (AvgIpc) is 3.53. The molecule has 474 valence electrons. The summed E-state index contributed by atoms with van der Waals surface area (Å²) < 4.78 is 28.6. The summed E-state index contributed by atoms with van der Waals surface area (Å²) in [5, 5.41) is 31.6. The fourth-order valence-corrected chi connectivity index (χ4v) is 10.7. The van der Waals surface area contributed by atoms with Gasteiger partial charge in [-0.15, -0.1) is 0 Å². The zero-order valence-corrected chi connectivity index (χ0v) is 52.6. The summed E-state index contributed by atoms with van der Waals surface area (Å²) in [7, 11) is 0. The quantitative estimate of drug-likeness (QED) is 0.0228. The van der Waals surface area contributed by atoms with E-state index in [1.807, 2.05) is 0 Å². The number of unbranched alkanes of at least 4 members (excludes halogenated alkanes) is 42. The van der Waals surface area contributed by atoms with Crippen LogP contribution in [0, 0.1) is 0 Å². The Morgan fingerprint density at radius 1 is 0.395 bits per heavy atom. The van der Waals surface area contributed by atoms with E-state index in [-0.39, 0.29) is 25.9 Å². The number of ether oxygens (including phenoxy) is 5. The van der Waals surface area contributed by atoms with Crippen LogP contribution in [0.15, 0.2) is 24.3 Å². The molecule has 1 heterocycles. The standard InChI is InChI=1S/C69H126O12/c1-4-7-10-13-16-19-22-25-28-31-34-37-40-43-46-49-52-55-61(70)77-58-60(79-62(71)56-53-50-47-44-41-38-35-32-29-26-23-20-17-14-11-8-5-2)59-78-69-67(65(74)64(73)66(81-69)68(75)76)80-63(72)57-54-51-48-45-42-39-36-33-30-27-24-21-18-15-12-9-6-3/h25-26,28-29,60,64-67,69,73-74H,4-24,27,30-59H2,1-3H3,(H,75,76)/b28-25-,29-26-. The van der Waals surface area contributed by atoms with Crippen LogP contribution in [0.25, 0.3) is 0 Å². The van der Waals surface area contributed by atoms with Crippen molar-refractivity contribution in [1.82, 2.24) is 0 Å². The first-order valence-corrected chi connectivity index (χ1v) is 34.3. The molecule has 1 saturated heterocycles. The lowest BCUT2D eigenvalue weighted by Gasteiger charge is -2.40. The molecule has 1 rings (SSSR count).